The normalized spacial score (nSPS) is 18.2. The molecule has 1 fully saturated rings. The molecule has 1 aliphatic rings. The summed E-state index contributed by atoms with van der Waals surface area (Å²) in [6.07, 6.45) is 9.37. The Morgan fingerprint density at radius 2 is 2.16 bits per heavy atom. The number of likely N-dealkylation sites (tertiary alicyclic amines) is 1. The molecule has 3 heterocycles. The first kappa shape index (κ1) is 17.3. The average molecular weight is 343 g/mol. The van der Waals surface area contributed by atoms with Crippen LogP contribution in [0.2, 0.25) is 0 Å². The first-order valence-corrected chi connectivity index (χ1v) is 8.64. The van der Waals surface area contributed by atoms with Gasteiger partial charge in [0.25, 0.3) is 0 Å². The molecule has 1 N–H and O–H groups in total. The van der Waals surface area contributed by atoms with Gasteiger partial charge in [0.2, 0.25) is 5.91 Å². The minimum absolute atomic E-state index is 0.0793. The number of piperidine rings is 1. The third kappa shape index (κ3) is 3.62. The molecule has 0 saturated carbocycles. The minimum atomic E-state index is -0.735. The van der Waals surface area contributed by atoms with Crippen molar-refractivity contribution >= 4 is 11.7 Å². The number of anilines is 1. The third-order valence-corrected chi connectivity index (χ3v) is 4.81. The SMILES string of the molecule is CNc1nccnc1CC1CCCN(C(=O)C(C)(C)n2cncn2)C1. The second-order valence-electron chi connectivity index (χ2n) is 6.96. The van der Waals surface area contributed by atoms with Gasteiger partial charge in [0.1, 0.15) is 24.0 Å². The van der Waals surface area contributed by atoms with Crippen molar-refractivity contribution in [1.29, 1.82) is 0 Å². The zero-order valence-electron chi connectivity index (χ0n) is 15.0. The fourth-order valence-corrected chi connectivity index (χ4v) is 3.40. The van der Waals surface area contributed by atoms with Crippen LogP contribution >= 0.6 is 0 Å². The van der Waals surface area contributed by atoms with Crippen LogP contribution < -0.4 is 5.32 Å². The van der Waals surface area contributed by atoms with Crippen molar-refractivity contribution in [2.45, 2.75) is 38.6 Å². The number of carbonyl (C=O) groups is 1. The fourth-order valence-electron chi connectivity index (χ4n) is 3.40. The van der Waals surface area contributed by atoms with E-state index in [9.17, 15) is 4.79 Å². The maximum absolute atomic E-state index is 13.0. The molecule has 0 bridgehead atoms. The van der Waals surface area contributed by atoms with Crippen molar-refractivity contribution in [2.75, 3.05) is 25.5 Å². The maximum atomic E-state index is 13.0. The van der Waals surface area contributed by atoms with Gasteiger partial charge in [-0.1, -0.05) is 0 Å². The fraction of sp³-hybridized carbons (Fsp3) is 0.588. The molecule has 134 valence electrons. The summed E-state index contributed by atoms with van der Waals surface area (Å²) in [4.78, 5) is 27.7. The highest BCUT2D eigenvalue weighted by Crippen LogP contribution is 2.26. The Morgan fingerprint density at radius 1 is 1.36 bits per heavy atom. The molecule has 1 saturated heterocycles. The Hall–Kier alpha value is -2.51. The van der Waals surface area contributed by atoms with E-state index in [2.05, 4.69) is 25.4 Å². The number of aromatic nitrogens is 5. The highest BCUT2D eigenvalue weighted by Gasteiger charge is 2.36. The van der Waals surface area contributed by atoms with E-state index in [0.29, 0.717) is 5.92 Å². The number of nitrogens with zero attached hydrogens (tertiary/aromatic N) is 6. The Balaban J connectivity index is 1.70. The lowest BCUT2D eigenvalue weighted by Crippen LogP contribution is -2.50. The first-order valence-electron chi connectivity index (χ1n) is 8.64. The van der Waals surface area contributed by atoms with Crippen LogP contribution in [0.25, 0.3) is 0 Å². The smallest absolute Gasteiger partial charge is 0.250 e. The molecular formula is C17H25N7O. The van der Waals surface area contributed by atoms with Gasteiger partial charge >= 0.3 is 0 Å². The van der Waals surface area contributed by atoms with Crippen molar-refractivity contribution in [3.63, 3.8) is 0 Å². The molecule has 25 heavy (non-hydrogen) atoms. The Bertz CT molecular complexity index is 714. The molecule has 8 nitrogen and oxygen atoms in total. The number of carbonyl (C=O) groups excluding carboxylic acids is 1. The molecule has 1 unspecified atom stereocenters. The summed E-state index contributed by atoms with van der Waals surface area (Å²) in [5.41, 5.74) is 0.223. The lowest BCUT2D eigenvalue weighted by Gasteiger charge is -2.37. The summed E-state index contributed by atoms with van der Waals surface area (Å²) >= 11 is 0. The van der Waals surface area contributed by atoms with Crippen LogP contribution in [-0.4, -0.2) is 55.7 Å². The summed E-state index contributed by atoms with van der Waals surface area (Å²) in [5.74, 6) is 1.28. The van der Waals surface area contributed by atoms with Crippen molar-refractivity contribution in [3.05, 3.63) is 30.7 Å². The van der Waals surface area contributed by atoms with E-state index in [0.717, 1.165) is 43.9 Å². The predicted molar refractivity (Wildman–Crippen MR) is 93.9 cm³/mol. The quantitative estimate of drug-likeness (QED) is 0.881. The predicted octanol–water partition coefficient (Wildman–Crippen LogP) is 1.33. The molecule has 0 aromatic carbocycles. The summed E-state index contributed by atoms with van der Waals surface area (Å²) in [5, 5.41) is 7.23. The van der Waals surface area contributed by atoms with Gasteiger partial charge in [0.15, 0.2) is 0 Å². The molecule has 1 aliphatic heterocycles. The number of nitrogens with one attached hydrogen (secondary N) is 1. The Morgan fingerprint density at radius 3 is 2.88 bits per heavy atom. The van der Waals surface area contributed by atoms with Crippen molar-refractivity contribution in [2.24, 2.45) is 5.92 Å². The van der Waals surface area contributed by atoms with E-state index in [4.69, 9.17) is 0 Å². The molecule has 1 atom stereocenters. The largest absolute Gasteiger partial charge is 0.372 e. The van der Waals surface area contributed by atoms with Crippen LogP contribution in [0.1, 0.15) is 32.4 Å². The van der Waals surface area contributed by atoms with Crippen LogP contribution in [0.15, 0.2) is 25.0 Å². The summed E-state index contributed by atoms with van der Waals surface area (Å²) in [6.45, 7) is 5.29. The lowest BCUT2D eigenvalue weighted by molar-refractivity contribution is -0.141. The Labute approximate surface area is 147 Å². The van der Waals surface area contributed by atoms with Crippen molar-refractivity contribution in [3.8, 4) is 0 Å². The molecule has 8 heteroatoms. The standard InChI is InChI=1S/C17H25N7O/c1-17(2,24-12-19-11-22-24)16(25)23-8-4-5-13(10-23)9-14-15(18-3)21-7-6-20-14/h6-7,11-13H,4-5,8-10H2,1-3H3,(H,18,21). The zero-order chi connectivity index (χ0) is 17.9. The van der Waals surface area contributed by atoms with Crippen LogP contribution in [0.5, 0.6) is 0 Å². The topological polar surface area (TPSA) is 88.8 Å². The van der Waals surface area contributed by atoms with Crippen molar-refractivity contribution < 1.29 is 4.79 Å². The number of rotatable bonds is 5. The number of amides is 1. The monoisotopic (exact) mass is 343 g/mol. The van der Waals surface area contributed by atoms with Gasteiger partial charge in [0.05, 0.1) is 5.69 Å². The lowest BCUT2D eigenvalue weighted by atomic mass is 9.91. The molecule has 1 amide bonds. The van der Waals surface area contributed by atoms with Crippen LogP contribution in [0.3, 0.4) is 0 Å². The summed E-state index contributed by atoms with van der Waals surface area (Å²) in [6, 6.07) is 0. The van der Waals surface area contributed by atoms with Gasteiger partial charge in [-0.2, -0.15) is 5.10 Å². The molecule has 0 spiro atoms. The second kappa shape index (κ2) is 7.16. The van der Waals surface area contributed by atoms with E-state index in [1.807, 2.05) is 25.8 Å². The van der Waals surface area contributed by atoms with Gasteiger partial charge in [-0.05, 0) is 39.0 Å². The van der Waals surface area contributed by atoms with Gasteiger partial charge in [-0.3, -0.25) is 9.78 Å². The van der Waals surface area contributed by atoms with Gasteiger partial charge in [-0.15, -0.1) is 0 Å². The van der Waals surface area contributed by atoms with E-state index in [-0.39, 0.29) is 5.91 Å². The van der Waals surface area contributed by atoms with E-state index < -0.39 is 5.54 Å². The van der Waals surface area contributed by atoms with Crippen molar-refractivity contribution in [1.82, 2.24) is 29.6 Å². The second-order valence-corrected chi connectivity index (χ2v) is 6.96. The minimum Gasteiger partial charge on any atom is -0.372 e. The Kier molecular flexibility index (Phi) is 4.96. The van der Waals surface area contributed by atoms with Gasteiger partial charge in [0, 0.05) is 32.5 Å². The highest BCUT2D eigenvalue weighted by molar-refractivity contribution is 5.83. The first-order chi connectivity index (χ1) is 12.0. The number of hydrogen-bond acceptors (Lipinski definition) is 6. The molecule has 2 aromatic rings. The maximum Gasteiger partial charge on any atom is 0.250 e. The molecule has 0 aliphatic carbocycles. The summed E-state index contributed by atoms with van der Waals surface area (Å²) < 4.78 is 1.63. The van der Waals surface area contributed by atoms with Crippen LogP contribution in [0.4, 0.5) is 5.82 Å². The van der Waals surface area contributed by atoms with Crippen LogP contribution in [-0.2, 0) is 16.8 Å². The van der Waals surface area contributed by atoms with Gasteiger partial charge < -0.3 is 10.2 Å². The molecule has 0 radical (unpaired) electrons. The third-order valence-electron chi connectivity index (χ3n) is 4.81. The van der Waals surface area contributed by atoms with Gasteiger partial charge in [-0.25, -0.2) is 14.6 Å². The van der Waals surface area contributed by atoms with Crippen LogP contribution in [0, 0.1) is 5.92 Å². The van der Waals surface area contributed by atoms with E-state index >= 15 is 0 Å². The molecular weight excluding hydrogens is 318 g/mol. The average Bonchev–Trinajstić information content (AvgIpc) is 3.17. The van der Waals surface area contributed by atoms with E-state index in [1.54, 1.807) is 23.4 Å². The number of hydrogen-bond donors (Lipinski definition) is 1. The summed E-state index contributed by atoms with van der Waals surface area (Å²) in [7, 11) is 1.85. The molecule has 2 aromatic heterocycles. The highest BCUT2D eigenvalue weighted by atomic mass is 16.2. The molecule has 3 rings (SSSR count). The zero-order valence-corrected chi connectivity index (χ0v) is 15.0. The van der Waals surface area contributed by atoms with E-state index in [1.165, 1.54) is 6.33 Å².